The molecule has 3 aromatic rings. The lowest BCUT2D eigenvalue weighted by Gasteiger charge is -2.06. The number of phenolic OH excluding ortho intramolecular Hbond substituents is 1. The summed E-state index contributed by atoms with van der Waals surface area (Å²) in [6.07, 6.45) is 0.752. The Morgan fingerprint density at radius 1 is 1.18 bits per heavy atom. The van der Waals surface area contributed by atoms with Gasteiger partial charge in [-0.05, 0) is 40.8 Å². The first-order chi connectivity index (χ1) is 10.8. The molecular weight excluding hydrogens is 300 g/mol. The molecule has 1 N–H and O–H groups in total. The van der Waals surface area contributed by atoms with Crippen molar-refractivity contribution in [3.05, 3.63) is 59.7 Å². The van der Waals surface area contributed by atoms with Crippen molar-refractivity contribution < 1.29 is 9.90 Å². The van der Waals surface area contributed by atoms with E-state index in [2.05, 4.69) is 15.5 Å². The van der Waals surface area contributed by atoms with Crippen molar-refractivity contribution >= 4 is 18.0 Å². The number of hydrogen-bond donors (Lipinski definition) is 1. The summed E-state index contributed by atoms with van der Waals surface area (Å²) in [4.78, 5) is 10.8. The topological polar surface area (TPSA) is 80.9 Å². The van der Waals surface area contributed by atoms with Gasteiger partial charge in [0.05, 0.1) is 5.69 Å². The van der Waals surface area contributed by atoms with Crippen molar-refractivity contribution in [2.45, 2.75) is 10.9 Å². The van der Waals surface area contributed by atoms with Gasteiger partial charge in [0.1, 0.15) is 12.0 Å². The number of para-hydroxylation sites is 1. The fourth-order valence-corrected chi connectivity index (χ4v) is 2.81. The van der Waals surface area contributed by atoms with Gasteiger partial charge in [-0.25, -0.2) is 0 Å². The Hall–Kier alpha value is -2.67. The SMILES string of the molecule is O=Cc1ccc(O)c(CSc2nnnn2-c2ccccc2)c1. The molecule has 0 saturated heterocycles. The fourth-order valence-electron chi connectivity index (χ4n) is 1.94. The van der Waals surface area contributed by atoms with E-state index in [-0.39, 0.29) is 5.75 Å². The van der Waals surface area contributed by atoms with Crippen LogP contribution in [-0.4, -0.2) is 31.6 Å². The second kappa shape index (κ2) is 6.40. The molecule has 0 amide bonds. The number of hydrogen-bond acceptors (Lipinski definition) is 6. The van der Waals surface area contributed by atoms with E-state index in [1.807, 2.05) is 30.3 Å². The average Bonchev–Trinajstić information content (AvgIpc) is 3.03. The number of aromatic hydroxyl groups is 1. The highest BCUT2D eigenvalue weighted by atomic mass is 32.2. The molecule has 0 aliphatic heterocycles. The van der Waals surface area contributed by atoms with Crippen molar-refractivity contribution in [1.82, 2.24) is 20.2 Å². The first-order valence-corrected chi connectivity index (χ1v) is 7.50. The van der Waals surface area contributed by atoms with Gasteiger partial charge in [-0.15, -0.1) is 5.10 Å². The minimum absolute atomic E-state index is 0.150. The quantitative estimate of drug-likeness (QED) is 0.576. The molecule has 22 heavy (non-hydrogen) atoms. The highest BCUT2D eigenvalue weighted by Crippen LogP contribution is 2.27. The van der Waals surface area contributed by atoms with Crippen LogP contribution in [-0.2, 0) is 5.75 Å². The Balaban J connectivity index is 1.81. The summed E-state index contributed by atoms with van der Waals surface area (Å²) in [5, 5.41) is 22.1. The van der Waals surface area contributed by atoms with Crippen LogP contribution in [0.15, 0.2) is 53.7 Å². The Labute approximate surface area is 130 Å². The lowest BCUT2D eigenvalue weighted by Crippen LogP contribution is -1.98. The number of rotatable bonds is 5. The number of nitrogens with zero attached hydrogens (tertiary/aromatic N) is 4. The molecule has 1 heterocycles. The lowest BCUT2D eigenvalue weighted by molar-refractivity contribution is 0.112. The summed E-state index contributed by atoms with van der Waals surface area (Å²) in [7, 11) is 0. The van der Waals surface area contributed by atoms with E-state index in [1.54, 1.807) is 16.8 Å². The first kappa shape index (κ1) is 14.3. The molecular formula is C15H12N4O2S. The molecule has 0 aliphatic rings. The molecule has 110 valence electrons. The number of tetrazole rings is 1. The van der Waals surface area contributed by atoms with E-state index >= 15 is 0 Å². The van der Waals surface area contributed by atoms with Crippen LogP contribution in [0.2, 0.25) is 0 Å². The van der Waals surface area contributed by atoms with Crippen molar-refractivity contribution in [3.8, 4) is 11.4 Å². The number of carbonyl (C=O) groups excluding carboxylic acids is 1. The number of thioether (sulfide) groups is 1. The van der Waals surface area contributed by atoms with Crippen LogP contribution < -0.4 is 0 Å². The van der Waals surface area contributed by atoms with Gasteiger partial charge >= 0.3 is 0 Å². The number of carbonyl (C=O) groups is 1. The fraction of sp³-hybridized carbons (Fsp3) is 0.0667. The van der Waals surface area contributed by atoms with Crippen LogP contribution in [0.25, 0.3) is 5.69 Å². The van der Waals surface area contributed by atoms with E-state index < -0.39 is 0 Å². The van der Waals surface area contributed by atoms with Crippen LogP contribution in [0.5, 0.6) is 5.75 Å². The molecule has 7 heteroatoms. The molecule has 0 aliphatic carbocycles. The maximum atomic E-state index is 10.8. The van der Waals surface area contributed by atoms with Crippen LogP contribution in [0.3, 0.4) is 0 Å². The van der Waals surface area contributed by atoms with Crippen molar-refractivity contribution in [2.24, 2.45) is 0 Å². The Bertz CT molecular complexity index is 789. The molecule has 0 radical (unpaired) electrons. The number of aromatic nitrogens is 4. The zero-order valence-electron chi connectivity index (χ0n) is 11.5. The molecule has 0 unspecified atom stereocenters. The number of aldehydes is 1. The van der Waals surface area contributed by atoms with Gasteiger partial charge in [0.15, 0.2) is 0 Å². The van der Waals surface area contributed by atoms with Gasteiger partial charge in [0, 0.05) is 16.9 Å². The summed E-state index contributed by atoms with van der Waals surface area (Å²) >= 11 is 1.39. The van der Waals surface area contributed by atoms with Gasteiger partial charge in [0.25, 0.3) is 0 Å². The summed E-state index contributed by atoms with van der Waals surface area (Å²) < 4.78 is 1.63. The molecule has 3 rings (SSSR count). The maximum Gasteiger partial charge on any atom is 0.214 e. The zero-order valence-corrected chi connectivity index (χ0v) is 12.3. The molecule has 1 aromatic heterocycles. The minimum atomic E-state index is 0.150. The van der Waals surface area contributed by atoms with E-state index in [0.717, 1.165) is 12.0 Å². The third-order valence-electron chi connectivity index (χ3n) is 3.04. The highest BCUT2D eigenvalue weighted by Gasteiger charge is 2.10. The molecule has 2 aromatic carbocycles. The molecule has 0 saturated carbocycles. The molecule has 0 bridgehead atoms. The van der Waals surface area contributed by atoms with Gasteiger partial charge < -0.3 is 5.11 Å². The number of benzene rings is 2. The third-order valence-corrected chi connectivity index (χ3v) is 4.01. The third kappa shape index (κ3) is 2.99. The van der Waals surface area contributed by atoms with Crippen LogP contribution >= 0.6 is 11.8 Å². The standard InChI is InChI=1S/C15H12N4O2S/c20-9-11-6-7-14(21)12(8-11)10-22-15-16-17-18-19(15)13-4-2-1-3-5-13/h1-9,21H,10H2. The van der Waals surface area contributed by atoms with E-state index in [9.17, 15) is 9.90 Å². The molecule has 0 spiro atoms. The summed E-state index contributed by atoms with van der Waals surface area (Å²) in [5.74, 6) is 0.609. The minimum Gasteiger partial charge on any atom is -0.508 e. The Morgan fingerprint density at radius 2 is 2.00 bits per heavy atom. The van der Waals surface area contributed by atoms with E-state index in [1.165, 1.54) is 17.8 Å². The Kier molecular flexibility index (Phi) is 4.15. The van der Waals surface area contributed by atoms with Gasteiger partial charge in [-0.2, -0.15) is 4.68 Å². The highest BCUT2D eigenvalue weighted by molar-refractivity contribution is 7.98. The lowest BCUT2D eigenvalue weighted by atomic mass is 10.1. The van der Waals surface area contributed by atoms with Crippen LogP contribution in [0.4, 0.5) is 0 Å². The molecule has 0 atom stereocenters. The van der Waals surface area contributed by atoms with Gasteiger partial charge in [0.2, 0.25) is 5.16 Å². The molecule has 0 fully saturated rings. The Morgan fingerprint density at radius 3 is 2.77 bits per heavy atom. The van der Waals surface area contributed by atoms with Gasteiger partial charge in [-0.1, -0.05) is 30.0 Å². The molecule has 6 nitrogen and oxygen atoms in total. The number of phenols is 1. The summed E-state index contributed by atoms with van der Waals surface area (Å²) in [6.45, 7) is 0. The normalized spacial score (nSPS) is 10.5. The average molecular weight is 312 g/mol. The van der Waals surface area contributed by atoms with E-state index in [0.29, 0.717) is 22.0 Å². The smallest absolute Gasteiger partial charge is 0.214 e. The monoisotopic (exact) mass is 312 g/mol. The second-order valence-electron chi connectivity index (χ2n) is 4.50. The van der Waals surface area contributed by atoms with Gasteiger partial charge in [-0.3, -0.25) is 4.79 Å². The maximum absolute atomic E-state index is 10.8. The summed E-state index contributed by atoms with van der Waals surface area (Å²) in [5.41, 5.74) is 2.05. The second-order valence-corrected chi connectivity index (χ2v) is 5.45. The van der Waals surface area contributed by atoms with Crippen LogP contribution in [0.1, 0.15) is 15.9 Å². The van der Waals surface area contributed by atoms with Crippen molar-refractivity contribution in [2.75, 3.05) is 0 Å². The predicted octanol–water partition coefficient (Wildman–Crippen LogP) is 2.47. The first-order valence-electron chi connectivity index (χ1n) is 6.51. The van der Waals surface area contributed by atoms with Crippen molar-refractivity contribution in [1.29, 1.82) is 0 Å². The van der Waals surface area contributed by atoms with Crippen molar-refractivity contribution in [3.63, 3.8) is 0 Å². The van der Waals surface area contributed by atoms with E-state index in [4.69, 9.17) is 0 Å². The predicted molar refractivity (Wildman–Crippen MR) is 82.2 cm³/mol. The van der Waals surface area contributed by atoms with Crippen LogP contribution in [0, 0.1) is 0 Å². The zero-order chi connectivity index (χ0) is 15.4. The summed E-state index contributed by atoms with van der Waals surface area (Å²) in [6, 6.07) is 14.3. The largest absolute Gasteiger partial charge is 0.508 e.